The summed E-state index contributed by atoms with van der Waals surface area (Å²) >= 11 is 0. The fourth-order valence-corrected chi connectivity index (χ4v) is 1.14. The quantitative estimate of drug-likeness (QED) is 0.747. The van der Waals surface area contributed by atoms with Gasteiger partial charge in [-0.25, -0.2) is 0 Å². The highest BCUT2D eigenvalue weighted by molar-refractivity contribution is 5.98. The second-order valence-corrected chi connectivity index (χ2v) is 2.77. The minimum absolute atomic E-state index is 0.149. The molecule has 0 bridgehead atoms. The molecule has 1 aromatic rings. The van der Waals surface area contributed by atoms with Crippen LogP contribution < -0.4 is 5.32 Å². The largest absolute Gasteiger partial charge is 0.313 e. The van der Waals surface area contributed by atoms with Crippen LogP contribution in [-0.4, -0.2) is 19.4 Å². The molecule has 2 heteroatoms. The number of nitrogens with one attached hydrogen (secondary N) is 1. The molecule has 1 rings (SSSR count). The first-order chi connectivity index (χ1) is 6.75. The molecule has 1 aromatic carbocycles. The Kier molecular flexibility index (Phi) is 6.68. The van der Waals surface area contributed by atoms with Crippen molar-refractivity contribution in [2.75, 3.05) is 13.6 Å². The van der Waals surface area contributed by atoms with Gasteiger partial charge in [0.1, 0.15) is 0 Å². The zero-order valence-electron chi connectivity index (χ0n) is 9.42. The average molecular weight is 193 g/mol. The Morgan fingerprint density at radius 1 is 1.29 bits per heavy atom. The van der Waals surface area contributed by atoms with Gasteiger partial charge in [-0.1, -0.05) is 38.1 Å². The van der Waals surface area contributed by atoms with Crippen molar-refractivity contribution in [2.45, 2.75) is 20.8 Å². The topological polar surface area (TPSA) is 29.1 Å². The van der Waals surface area contributed by atoms with Gasteiger partial charge in [0, 0.05) is 5.56 Å². The van der Waals surface area contributed by atoms with Crippen molar-refractivity contribution in [3.8, 4) is 0 Å². The number of rotatable bonds is 3. The number of carbonyl (C=O) groups is 1. The summed E-state index contributed by atoms with van der Waals surface area (Å²) < 4.78 is 0. The highest BCUT2D eigenvalue weighted by atomic mass is 16.1. The number of carbonyl (C=O) groups excluding carboxylic acids is 1. The lowest BCUT2D eigenvalue weighted by molar-refractivity contribution is 0.0993. The highest BCUT2D eigenvalue weighted by Crippen LogP contribution is 2.06. The third kappa shape index (κ3) is 3.71. The van der Waals surface area contributed by atoms with Crippen molar-refractivity contribution in [2.24, 2.45) is 0 Å². The third-order valence-corrected chi connectivity index (χ3v) is 1.78. The molecule has 0 spiro atoms. The van der Waals surface area contributed by atoms with Crippen LogP contribution in [0.25, 0.3) is 0 Å². The summed E-state index contributed by atoms with van der Waals surface area (Å²) in [4.78, 5) is 11.4. The summed E-state index contributed by atoms with van der Waals surface area (Å²) in [7, 11) is 1.77. The number of benzene rings is 1. The molecule has 0 atom stereocenters. The summed E-state index contributed by atoms with van der Waals surface area (Å²) in [5.41, 5.74) is 1.85. The molecule has 0 heterocycles. The first-order valence-corrected chi connectivity index (χ1v) is 4.99. The second kappa shape index (κ2) is 7.27. The summed E-state index contributed by atoms with van der Waals surface area (Å²) in [6.07, 6.45) is 0. The molecular weight excluding hydrogens is 174 g/mol. The van der Waals surface area contributed by atoms with Crippen molar-refractivity contribution < 1.29 is 4.79 Å². The van der Waals surface area contributed by atoms with E-state index in [9.17, 15) is 4.79 Å². The Hall–Kier alpha value is -1.15. The van der Waals surface area contributed by atoms with Gasteiger partial charge in [0.05, 0.1) is 6.54 Å². The molecule has 0 aromatic heterocycles. The minimum atomic E-state index is 0.149. The van der Waals surface area contributed by atoms with Gasteiger partial charge < -0.3 is 5.32 Å². The van der Waals surface area contributed by atoms with Crippen LogP contribution in [0, 0.1) is 6.92 Å². The first-order valence-electron chi connectivity index (χ1n) is 4.99. The van der Waals surface area contributed by atoms with E-state index in [1.54, 1.807) is 7.05 Å². The Morgan fingerprint density at radius 2 is 1.86 bits per heavy atom. The Bertz CT molecular complexity index is 281. The van der Waals surface area contributed by atoms with Gasteiger partial charge in [-0.3, -0.25) is 4.79 Å². The number of aryl methyl sites for hydroxylation is 1. The molecule has 0 aliphatic carbocycles. The van der Waals surface area contributed by atoms with Gasteiger partial charge in [0.15, 0.2) is 5.78 Å². The molecule has 0 saturated carbocycles. The van der Waals surface area contributed by atoms with Crippen molar-refractivity contribution in [3.63, 3.8) is 0 Å². The molecule has 14 heavy (non-hydrogen) atoms. The fourth-order valence-electron chi connectivity index (χ4n) is 1.14. The van der Waals surface area contributed by atoms with Gasteiger partial charge in [-0.2, -0.15) is 0 Å². The number of Topliss-reactive ketones (excluding diaryl/α,β-unsaturated/α-hetero) is 1. The van der Waals surface area contributed by atoms with Crippen LogP contribution in [0.15, 0.2) is 24.3 Å². The summed E-state index contributed by atoms with van der Waals surface area (Å²) in [6.45, 7) is 6.35. The molecule has 0 amide bonds. The zero-order chi connectivity index (χ0) is 11.0. The van der Waals surface area contributed by atoms with E-state index in [1.165, 1.54) is 0 Å². The number of hydrogen-bond donors (Lipinski definition) is 1. The van der Waals surface area contributed by atoms with E-state index < -0.39 is 0 Å². The maximum absolute atomic E-state index is 11.4. The van der Waals surface area contributed by atoms with Crippen molar-refractivity contribution >= 4 is 5.78 Å². The van der Waals surface area contributed by atoms with Crippen LogP contribution in [0.4, 0.5) is 0 Å². The molecule has 78 valence electrons. The standard InChI is InChI=1S/C10H13NO.C2H6/c1-8-5-3-4-6-9(8)10(12)7-11-2;1-2/h3-6,11H,7H2,1-2H3;1-2H3. The Labute approximate surface area is 86.3 Å². The van der Waals surface area contributed by atoms with E-state index in [1.807, 2.05) is 45.0 Å². The predicted molar refractivity (Wildman–Crippen MR) is 60.8 cm³/mol. The lowest BCUT2D eigenvalue weighted by Crippen LogP contribution is -2.19. The van der Waals surface area contributed by atoms with Crippen LogP contribution in [0.1, 0.15) is 29.8 Å². The van der Waals surface area contributed by atoms with Gasteiger partial charge in [-0.15, -0.1) is 0 Å². The fraction of sp³-hybridized carbons (Fsp3) is 0.417. The number of likely N-dealkylation sites (N-methyl/N-ethyl adjacent to an activating group) is 1. The van der Waals surface area contributed by atoms with Crippen molar-refractivity contribution in [1.29, 1.82) is 0 Å². The molecule has 1 N–H and O–H groups in total. The molecule has 0 saturated heterocycles. The number of ketones is 1. The Morgan fingerprint density at radius 3 is 2.36 bits per heavy atom. The van der Waals surface area contributed by atoms with Gasteiger partial charge in [-0.05, 0) is 19.5 Å². The molecule has 2 nitrogen and oxygen atoms in total. The molecule has 0 fully saturated rings. The molecule has 0 aliphatic rings. The highest BCUT2D eigenvalue weighted by Gasteiger charge is 2.05. The van der Waals surface area contributed by atoms with Crippen molar-refractivity contribution in [3.05, 3.63) is 35.4 Å². The maximum atomic E-state index is 11.4. The van der Waals surface area contributed by atoms with Crippen molar-refractivity contribution in [1.82, 2.24) is 5.32 Å². The third-order valence-electron chi connectivity index (χ3n) is 1.78. The Balaban J connectivity index is 0.000000791. The summed E-state index contributed by atoms with van der Waals surface area (Å²) in [5, 5.41) is 2.84. The predicted octanol–water partition coefficient (Wildman–Crippen LogP) is 2.42. The molecular formula is C12H19NO. The average Bonchev–Trinajstić information content (AvgIpc) is 2.22. The van der Waals surface area contributed by atoms with Crippen LogP contribution in [0.2, 0.25) is 0 Å². The summed E-state index contributed by atoms with van der Waals surface area (Å²) in [6, 6.07) is 7.62. The van der Waals surface area contributed by atoms with Crippen LogP contribution >= 0.6 is 0 Å². The molecule has 0 radical (unpaired) electrons. The second-order valence-electron chi connectivity index (χ2n) is 2.77. The maximum Gasteiger partial charge on any atom is 0.176 e. The van der Waals surface area contributed by atoms with E-state index >= 15 is 0 Å². The summed E-state index contributed by atoms with van der Waals surface area (Å²) in [5.74, 6) is 0.149. The molecule has 0 unspecified atom stereocenters. The normalized spacial score (nSPS) is 8.86. The van der Waals surface area contributed by atoms with Crippen LogP contribution in [-0.2, 0) is 0 Å². The van der Waals surface area contributed by atoms with Crippen LogP contribution in [0.5, 0.6) is 0 Å². The van der Waals surface area contributed by atoms with E-state index in [2.05, 4.69) is 5.32 Å². The number of hydrogen-bond acceptors (Lipinski definition) is 2. The molecule has 0 aliphatic heterocycles. The van der Waals surface area contributed by atoms with Gasteiger partial charge >= 0.3 is 0 Å². The van der Waals surface area contributed by atoms with E-state index in [0.717, 1.165) is 11.1 Å². The lowest BCUT2D eigenvalue weighted by Gasteiger charge is -2.02. The minimum Gasteiger partial charge on any atom is -0.313 e. The van der Waals surface area contributed by atoms with Gasteiger partial charge in [0.2, 0.25) is 0 Å². The smallest absolute Gasteiger partial charge is 0.176 e. The lowest BCUT2D eigenvalue weighted by atomic mass is 10.1. The van der Waals surface area contributed by atoms with E-state index in [-0.39, 0.29) is 5.78 Å². The van der Waals surface area contributed by atoms with E-state index in [0.29, 0.717) is 6.54 Å². The zero-order valence-corrected chi connectivity index (χ0v) is 9.42. The SMILES string of the molecule is CC.CNCC(=O)c1ccccc1C. The van der Waals surface area contributed by atoms with Gasteiger partial charge in [0.25, 0.3) is 0 Å². The monoisotopic (exact) mass is 193 g/mol. The van der Waals surface area contributed by atoms with E-state index in [4.69, 9.17) is 0 Å². The first kappa shape index (κ1) is 12.8. The van der Waals surface area contributed by atoms with Crippen LogP contribution in [0.3, 0.4) is 0 Å².